The third kappa shape index (κ3) is 5.24. The zero-order valence-electron chi connectivity index (χ0n) is 20.0. The largest absolute Gasteiger partial charge is 0.481 e. The number of hydrogen-bond acceptors (Lipinski definition) is 7. The van der Waals surface area contributed by atoms with Crippen LogP contribution in [0.4, 0.5) is 5.82 Å². The molecule has 35 heavy (non-hydrogen) atoms. The Morgan fingerprint density at radius 1 is 1.17 bits per heavy atom. The fraction of sp³-hybridized carbons (Fsp3) is 0.458. The van der Waals surface area contributed by atoms with Crippen molar-refractivity contribution in [2.45, 2.75) is 51.6 Å². The van der Waals surface area contributed by atoms with Gasteiger partial charge in [-0.3, -0.25) is 9.59 Å². The maximum Gasteiger partial charge on any atom is 0.253 e. The highest BCUT2D eigenvalue weighted by atomic mass is 79.9. The Bertz CT molecular complexity index is 1240. The molecule has 0 atom stereocenters. The number of nitrogens with zero attached hydrogens (tertiary/aromatic N) is 4. The first-order valence-corrected chi connectivity index (χ1v) is 12.7. The van der Waals surface area contributed by atoms with E-state index in [9.17, 15) is 9.59 Å². The van der Waals surface area contributed by atoms with E-state index in [2.05, 4.69) is 41.6 Å². The Kier molecular flexibility index (Phi) is 7.25. The van der Waals surface area contributed by atoms with Gasteiger partial charge in [-0.15, -0.1) is 0 Å². The molecule has 2 amide bonds. The molecule has 1 fully saturated rings. The van der Waals surface area contributed by atoms with Crippen LogP contribution in [0.1, 0.15) is 49.9 Å². The quantitative estimate of drug-likeness (QED) is 0.389. The SMILES string of the molecule is COc1cc(-c2cc(C(=O)NC3CCC(NC(=O)C(C)(C)CBr)CC3)c3c(N)ncnn23)ccn1. The summed E-state index contributed by atoms with van der Waals surface area (Å²) in [4.78, 5) is 34.0. The molecular formula is C24H30BrN7O3. The zero-order valence-corrected chi connectivity index (χ0v) is 21.6. The van der Waals surface area contributed by atoms with Crippen molar-refractivity contribution in [3.63, 3.8) is 0 Å². The summed E-state index contributed by atoms with van der Waals surface area (Å²) in [6.07, 6.45) is 6.15. The molecule has 0 aromatic carbocycles. The lowest BCUT2D eigenvalue weighted by molar-refractivity contribution is -0.129. The Labute approximate surface area is 212 Å². The number of nitrogen functional groups attached to an aromatic ring is 1. The highest BCUT2D eigenvalue weighted by molar-refractivity contribution is 9.09. The predicted molar refractivity (Wildman–Crippen MR) is 136 cm³/mol. The van der Waals surface area contributed by atoms with E-state index in [-0.39, 0.29) is 29.7 Å². The van der Waals surface area contributed by atoms with E-state index in [1.54, 1.807) is 30.0 Å². The van der Waals surface area contributed by atoms with E-state index in [1.807, 2.05) is 19.9 Å². The van der Waals surface area contributed by atoms with Crippen LogP contribution in [0.2, 0.25) is 0 Å². The molecule has 0 spiro atoms. The third-order valence-electron chi connectivity index (χ3n) is 6.41. The Morgan fingerprint density at radius 3 is 2.51 bits per heavy atom. The van der Waals surface area contributed by atoms with Gasteiger partial charge in [0.05, 0.1) is 23.8 Å². The van der Waals surface area contributed by atoms with Crippen LogP contribution in [0.25, 0.3) is 16.8 Å². The second-order valence-corrected chi connectivity index (χ2v) is 10.0. The van der Waals surface area contributed by atoms with E-state index in [0.717, 1.165) is 31.2 Å². The molecule has 1 aliphatic rings. The smallest absolute Gasteiger partial charge is 0.253 e. The van der Waals surface area contributed by atoms with Gasteiger partial charge in [-0.1, -0.05) is 29.8 Å². The first kappa shape index (κ1) is 24.9. The maximum absolute atomic E-state index is 13.3. The number of pyridine rings is 1. The van der Waals surface area contributed by atoms with Crippen LogP contribution in [-0.4, -0.2) is 55.9 Å². The lowest BCUT2D eigenvalue weighted by Gasteiger charge is -2.32. The Balaban J connectivity index is 1.50. The van der Waals surface area contributed by atoms with Gasteiger partial charge in [0.25, 0.3) is 5.91 Å². The number of methoxy groups -OCH3 is 1. The summed E-state index contributed by atoms with van der Waals surface area (Å²) in [5, 5.41) is 11.2. The number of nitrogens with two attached hydrogens (primary N) is 1. The molecule has 11 heteroatoms. The number of carbonyl (C=O) groups excluding carboxylic acids is 2. The number of anilines is 1. The summed E-state index contributed by atoms with van der Waals surface area (Å²) < 4.78 is 6.85. The molecular weight excluding hydrogens is 514 g/mol. The fourth-order valence-corrected chi connectivity index (χ4v) is 4.47. The predicted octanol–water partition coefficient (Wildman–Crippen LogP) is 2.96. The minimum absolute atomic E-state index is 0.00473. The summed E-state index contributed by atoms with van der Waals surface area (Å²) in [5.74, 6) is 0.481. The topological polar surface area (TPSA) is 137 Å². The molecule has 1 aliphatic carbocycles. The average molecular weight is 544 g/mol. The number of fused-ring (bicyclic) bond motifs is 1. The Morgan fingerprint density at radius 2 is 1.86 bits per heavy atom. The summed E-state index contributed by atoms with van der Waals surface area (Å²) >= 11 is 3.40. The van der Waals surface area contributed by atoms with Crippen LogP contribution >= 0.6 is 15.9 Å². The normalized spacial score (nSPS) is 18.3. The van der Waals surface area contributed by atoms with Crippen LogP contribution < -0.4 is 21.1 Å². The van der Waals surface area contributed by atoms with Gasteiger partial charge >= 0.3 is 0 Å². The van der Waals surface area contributed by atoms with E-state index in [0.29, 0.717) is 28.0 Å². The van der Waals surface area contributed by atoms with E-state index in [1.165, 1.54) is 6.33 Å². The van der Waals surface area contributed by atoms with Crippen molar-refractivity contribution < 1.29 is 14.3 Å². The van der Waals surface area contributed by atoms with Gasteiger partial charge in [0.2, 0.25) is 11.8 Å². The molecule has 10 nitrogen and oxygen atoms in total. The summed E-state index contributed by atoms with van der Waals surface area (Å²) in [6, 6.07) is 5.47. The van der Waals surface area contributed by atoms with Crippen molar-refractivity contribution in [2.75, 3.05) is 18.2 Å². The van der Waals surface area contributed by atoms with Crippen LogP contribution in [0, 0.1) is 5.41 Å². The van der Waals surface area contributed by atoms with Gasteiger partial charge in [0.1, 0.15) is 11.8 Å². The van der Waals surface area contributed by atoms with Gasteiger partial charge in [-0.25, -0.2) is 14.5 Å². The van der Waals surface area contributed by atoms with Crippen molar-refractivity contribution in [2.24, 2.45) is 5.41 Å². The molecule has 3 aromatic heterocycles. The molecule has 0 aliphatic heterocycles. The Hall–Kier alpha value is -3.21. The van der Waals surface area contributed by atoms with Crippen molar-refractivity contribution >= 4 is 39.1 Å². The highest BCUT2D eigenvalue weighted by Crippen LogP contribution is 2.30. The molecule has 4 rings (SSSR count). The molecule has 0 bridgehead atoms. The molecule has 186 valence electrons. The van der Waals surface area contributed by atoms with E-state index >= 15 is 0 Å². The first-order chi connectivity index (χ1) is 16.7. The molecule has 0 unspecified atom stereocenters. The van der Waals surface area contributed by atoms with E-state index in [4.69, 9.17) is 10.5 Å². The van der Waals surface area contributed by atoms with Crippen LogP contribution in [0.3, 0.4) is 0 Å². The molecule has 3 heterocycles. The van der Waals surface area contributed by atoms with Crippen LogP contribution in [0.15, 0.2) is 30.7 Å². The van der Waals surface area contributed by atoms with Gasteiger partial charge in [0.15, 0.2) is 5.82 Å². The van der Waals surface area contributed by atoms with Crippen molar-refractivity contribution in [3.05, 3.63) is 36.3 Å². The lowest BCUT2D eigenvalue weighted by atomic mass is 9.89. The zero-order chi connectivity index (χ0) is 25.2. The van der Waals surface area contributed by atoms with Gasteiger partial charge in [-0.05, 0) is 37.8 Å². The van der Waals surface area contributed by atoms with Crippen molar-refractivity contribution in [3.8, 4) is 17.1 Å². The molecule has 4 N–H and O–H groups in total. The van der Waals surface area contributed by atoms with Crippen molar-refractivity contribution in [1.82, 2.24) is 30.2 Å². The summed E-state index contributed by atoms with van der Waals surface area (Å²) in [5.41, 5.74) is 8.02. The lowest BCUT2D eigenvalue weighted by Crippen LogP contribution is -2.47. The summed E-state index contributed by atoms with van der Waals surface area (Å²) in [6.45, 7) is 3.83. The minimum Gasteiger partial charge on any atom is -0.481 e. The fourth-order valence-electron chi connectivity index (χ4n) is 4.21. The number of ether oxygens (including phenoxy) is 1. The minimum atomic E-state index is -0.458. The monoisotopic (exact) mass is 543 g/mol. The van der Waals surface area contributed by atoms with Gasteiger partial charge < -0.3 is 21.1 Å². The number of aromatic nitrogens is 4. The van der Waals surface area contributed by atoms with Gasteiger partial charge in [0, 0.05) is 35.2 Å². The van der Waals surface area contributed by atoms with Crippen LogP contribution in [0.5, 0.6) is 5.88 Å². The maximum atomic E-state index is 13.3. The molecule has 1 saturated carbocycles. The number of nitrogens with one attached hydrogen (secondary N) is 2. The highest BCUT2D eigenvalue weighted by Gasteiger charge is 2.31. The van der Waals surface area contributed by atoms with Crippen molar-refractivity contribution in [1.29, 1.82) is 0 Å². The molecule has 0 saturated heterocycles. The standard InChI is InChI=1S/C24H30BrN7O3/c1-24(2,12-25)23(34)31-16-6-4-15(5-7-16)30-22(33)17-11-18(14-8-9-27-19(10-14)35-3)32-20(17)21(26)28-13-29-32/h8-11,13,15-16H,4-7,12H2,1-3H3,(H,30,33)(H,31,34)(H2,26,28,29). The second-order valence-electron chi connectivity index (χ2n) is 9.45. The number of halogens is 1. The third-order valence-corrected chi connectivity index (χ3v) is 7.82. The molecule has 3 aromatic rings. The number of hydrogen-bond donors (Lipinski definition) is 3. The average Bonchev–Trinajstić information content (AvgIpc) is 3.26. The number of alkyl halides is 1. The number of carbonyl (C=O) groups is 2. The molecule has 0 radical (unpaired) electrons. The van der Waals surface area contributed by atoms with E-state index < -0.39 is 5.41 Å². The van der Waals surface area contributed by atoms with Gasteiger partial charge in [-0.2, -0.15) is 5.10 Å². The second kappa shape index (κ2) is 10.2. The summed E-state index contributed by atoms with van der Waals surface area (Å²) in [7, 11) is 1.55. The number of amides is 2. The number of rotatable bonds is 7. The van der Waals surface area contributed by atoms with Crippen LogP contribution in [-0.2, 0) is 4.79 Å². The first-order valence-electron chi connectivity index (χ1n) is 11.5.